The quantitative estimate of drug-likeness (QED) is 0.891. The van der Waals surface area contributed by atoms with Crippen LogP contribution in [0, 0.1) is 12.7 Å². The maximum absolute atomic E-state index is 13.5. The molecule has 2 aromatic carbocycles. The summed E-state index contributed by atoms with van der Waals surface area (Å²) in [6.45, 7) is 2.05. The van der Waals surface area contributed by atoms with Gasteiger partial charge in [-0.2, -0.15) is 0 Å². The van der Waals surface area contributed by atoms with Crippen LogP contribution in [0.1, 0.15) is 11.1 Å². The number of halogens is 1. The Kier molecular flexibility index (Phi) is 5.49. The highest BCUT2D eigenvalue weighted by atomic mass is 19.1. The molecule has 22 heavy (non-hydrogen) atoms. The van der Waals surface area contributed by atoms with E-state index in [2.05, 4.69) is 5.32 Å². The lowest BCUT2D eigenvalue weighted by atomic mass is 10.2. The molecular weight excluding hydrogens is 283 g/mol. The van der Waals surface area contributed by atoms with Gasteiger partial charge >= 0.3 is 6.03 Å². The molecular formula is C17H19FN2O2. The van der Waals surface area contributed by atoms with E-state index in [9.17, 15) is 9.18 Å². The Balaban J connectivity index is 2.11. The molecule has 0 atom stereocenters. The van der Waals surface area contributed by atoms with E-state index in [1.807, 2.05) is 30.3 Å². The molecule has 4 nitrogen and oxygen atoms in total. The number of urea groups is 1. The molecule has 5 heteroatoms. The van der Waals surface area contributed by atoms with Crippen molar-refractivity contribution in [2.75, 3.05) is 18.5 Å². The van der Waals surface area contributed by atoms with Crippen LogP contribution in [0.2, 0.25) is 0 Å². The summed E-state index contributed by atoms with van der Waals surface area (Å²) in [5.41, 5.74) is 1.78. The molecule has 2 N–H and O–H groups in total. The van der Waals surface area contributed by atoms with Crippen molar-refractivity contribution in [3.63, 3.8) is 0 Å². The van der Waals surface area contributed by atoms with Gasteiger partial charge in [0.15, 0.2) is 0 Å². The number of carbonyl (C=O) groups excluding carboxylic acids is 1. The first-order chi connectivity index (χ1) is 10.6. The average Bonchev–Trinajstić information content (AvgIpc) is 2.52. The molecule has 0 fully saturated rings. The van der Waals surface area contributed by atoms with Crippen LogP contribution in [-0.2, 0) is 6.54 Å². The van der Waals surface area contributed by atoms with E-state index >= 15 is 0 Å². The second-order valence-corrected chi connectivity index (χ2v) is 4.97. The van der Waals surface area contributed by atoms with E-state index < -0.39 is 0 Å². The van der Waals surface area contributed by atoms with Gasteiger partial charge in [0, 0.05) is 24.3 Å². The Morgan fingerprint density at radius 1 is 1.18 bits per heavy atom. The normalized spacial score (nSPS) is 10.3. The second kappa shape index (κ2) is 7.56. The number of anilines is 1. The van der Waals surface area contributed by atoms with Crippen LogP contribution in [0.15, 0.2) is 48.5 Å². The van der Waals surface area contributed by atoms with Gasteiger partial charge in [-0.1, -0.05) is 36.4 Å². The molecule has 0 saturated carbocycles. The molecule has 116 valence electrons. The number of hydrogen-bond donors (Lipinski definition) is 2. The van der Waals surface area contributed by atoms with E-state index in [1.54, 1.807) is 19.1 Å². The molecule has 0 radical (unpaired) electrons. The Hall–Kier alpha value is -2.40. The van der Waals surface area contributed by atoms with Crippen molar-refractivity contribution in [2.24, 2.45) is 0 Å². The fourth-order valence-electron chi connectivity index (χ4n) is 2.11. The number of nitrogens with one attached hydrogen (secondary N) is 1. The monoisotopic (exact) mass is 302 g/mol. The smallest absolute Gasteiger partial charge is 0.322 e. The van der Waals surface area contributed by atoms with Crippen LogP contribution in [0.5, 0.6) is 0 Å². The summed E-state index contributed by atoms with van der Waals surface area (Å²) in [5, 5.41) is 11.8. The molecule has 2 rings (SSSR count). The zero-order chi connectivity index (χ0) is 15.9. The van der Waals surface area contributed by atoms with Crippen molar-refractivity contribution in [1.82, 2.24) is 4.90 Å². The van der Waals surface area contributed by atoms with Gasteiger partial charge in [0.1, 0.15) is 5.82 Å². The fourth-order valence-corrected chi connectivity index (χ4v) is 2.11. The lowest BCUT2D eigenvalue weighted by Crippen LogP contribution is -2.36. The number of amides is 2. The molecule has 2 amide bonds. The van der Waals surface area contributed by atoms with Gasteiger partial charge in [0.2, 0.25) is 0 Å². The zero-order valence-electron chi connectivity index (χ0n) is 12.4. The first-order valence-electron chi connectivity index (χ1n) is 7.07. The summed E-state index contributed by atoms with van der Waals surface area (Å²) in [6.07, 6.45) is 0. The minimum atomic E-state index is -0.369. The van der Waals surface area contributed by atoms with Crippen molar-refractivity contribution >= 4 is 11.7 Å². The van der Waals surface area contributed by atoms with Gasteiger partial charge < -0.3 is 15.3 Å². The van der Waals surface area contributed by atoms with Crippen LogP contribution in [-0.4, -0.2) is 29.2 Å². The third-order valence-electron chi connectivity index (χ3n) is 3.38. The van der Waals surface area contributed by atoms with Gasteiger partial charge in [0.25, 0.3) is 0 Å². The van der Waals surface area contributed by atoms with Crippen LogP contribution < -0.4 is 5.32 Å². The number of rotatable bonds is 5. The van der Waals surface area contributed by atoms with Crippen molar-refractivity contribution in [2.45, 2.75) is 13.5 Å². The highest BCUT2D eigenvalue weighted by Gasteiger charge is 2.15. The lowest BCUT2D eigenvalue weighted by Gasteiger charge is -2.23. The molecule has 0 unspecified atom stereocenters. The number of nitrogens with zero attached hydrogens (tertiary/aromatic N) is 1. The number of carbonyl (C=O) groups is 1. The predicted octanol–water partition coefficient (Wildman–Crippen LogP) is 3.16. The molecule has 0 spiro atoms. The van der Waals surface area contributed by atoms with Crippen molar-refractivity contribution in [1.29, 1.82) is 0 Å². The average molecular weight is 302 g/mol. The number of aliphatic hydroxyl groups is 1. The van der Waals surface area contributed by atoms with E-state index in [1.165, 1.54) is 11.0 Å². The Morgan fingerprint density at radius 2 is 1.91 bits per heavy atom. The highest BCUT2D eigenvalue weighted by Crippen LogP contribution is 2.18. The van der Waals surface area contributed by atoms with Gasteiger partial charge in [-0.15, -0.1) is 0 Å². The molecule has 0 bridgehead atoms. The molecule has 0 saturated heterocycles. The molecule has 0 aromatic heterocycles. The summed E-state index contributed by atoms with van der Waals surface area (Å²) in [4.78, 5) is 13.8. The van der Waals surface area contributed by atoms with Gasteiger partial charge in [-0.3, -0.25) is 0 Å². The maximum atomic E-state index is 13.5. The SMILES string of the molecule is Cc1c(F)cccc1NC(=O)N(CCO)Cc1ccccc1. The number of aliphatic hydroxyl groups excluding tert-OH is 1. The van der Waals surface area contributed by atoms with Crippen molar-refractivity contribution in [3.05, 3.63) is 65.5 Å². The minimum absolute atomic E-state index is 0.137. The summed E-state index contributed by atoms with van der Waals surface area (Å²) in [6, 6.07) is 13.7. The third kappa shape index (κ3) is 4.05. The maximum Gasteiger partial charge on any atom is 0.322 e. The van der Waals surface area contributed by atoms with E-state index in [-0.39, 0.29) is 25.0 Å². The van der Waals surface area contributed by atoms with Crippen LogP contribution >= 0.6 is 0 Å². The Morgan fingerprint density at radius 3 is 2.59 bits per heavy atom. The third-order valence-corrected chi connectivity index (χ3v) is 3.38. The molecule has 0 aliphatic rings. The van der Waals surface area contributed by atoms with Crippen LogP contribution in [0.25, 0.3) is 0 Å². The van der Waals surface area contributed by atoms with Gasteiger partial charge in [-0.25, -0.2) is 9.18 Å². The summed E-state index contributed by atoms with van der Waals surface area (Å²) in [5.74, 6) is -0.366. The molecule has 2 aromatic rings. The van der Waals surface area contributed by atoms with Crippen molar-refractivity contribution < 1.29 is 14.3 Å². The van der Waals surface area contributed by atoms with Crippen LogP contribution in [0.4, 0.5) is 14.9 Å². The fraction of sp³-hybridized carbons (Fsp3) is 0.235. The van der Waals surface area contributed by atoms with E-state index in [0.717, 1.165) is 5.56 Å². The first kappa shape index (κ1) is 16.0. The molecule has 0 aliphatic heterocycles. The first-order valence-corrected chi connectivity index (χ1v) is 7.07. The largest absolute Gasteiger partial charge is 0.395 e. The highest BCUT2D eigenvalue weighted by molar-refractivity contribution is 5.90. The second-order valence-electron chi connectivity index (χ2n) is 4.97. The summed E-state index contributed by atoms with van der Waals surface area (Å²) >= 11 is 0. The topological polar surface area (TPSA) is 52.6 Å². The van der Waals surface area contributed by atoms with E-state index in [0.29, 0.717) is 17.8 Å². The number of benzene rings is 2. The molecule has 0 aliphatic carbocycles. The lowest BCUT2D eigenvalue weighted by molar-refractivity contribution is 0.185. The Bertz CT molecular complexity index is 632. The van der Waals surface area contributed by atoms with Crippen molar-refractivity contribution in [3.8, 4) is 0 Å². The Labute approximate surface area is 129 Å². The summed E-state index contributed by atoms with van der Waals surface area (Å²) < 4.78 is 13.5. The molecule has 0 heterocycles. The van der Waals surface area contributed by atoms with Gasteiger partial charge in [0.05, 0.1) is 6.61 Å². The summed E-state index contributed by atoms with van der Waals surface area (Å²) in [7, 11) is 0. The predicted molar refractivity (Wildman–Crippen MR) is 84.1 cm³/mol. The standard InChI is InChI=1S/C17H19FN2O2/c1-13-15(18)8-5-9-16(13)19-17(22)20(10-11-21)12-14-6-3-2-4-7-14/h2-9,21H,10-12H2,1H3,(H,19,22). The van der Waals surface area contributed by atoms with Gasteiger partial charge in [-0.05, 0) is 24.6 Å². The van der Waals surface area contributed by atoms with E-state index in [4.69, 9.17) is 5.11 Å². The zero-order valence-corrected chi connectivity index (χ0v) is 12.4. The van der Waals surface area contributed by atoms with Crippen LogP contribution in [0.3, 0.4) is 0 Å². The minimum Gasteiger partial charge on any atom is -0.395 e. The number of hydrogen-bond acceptors (Lipinski definition) is 2.